The lowest BCUT2D eigenvalue weighted by Crippen LogP contribution is -2.26. The lowest BCUT2D eigenvalue weighted by molar-refractivity contribution is -0.384. The van der Waals surface area contributed by atoms with E-state index in [1.54, 1.807) is 25.1 Å². The fourth-order valence-electron chi connectivity index (χ4n) is 2.24. The summed E-state index contributed by atoms with van der Waals surface area (Å²) in [5.41, 5.74) is 0.509. The number of ether oxygens (including phenoxy) is 2. The molecule has 1 N–H and O–H groups in total. The SMILES string of the molecule is COc1ccc([C@@H](C)NS(=O)(=O)c2ccc([N+](=O)[O-])cc2)cc1OC. The summed E-state index contributed by atoms with van der Waals surface area (Å²) in [6.45, 7) is 1.68. The molecule has 0 fully saturated rings. The Morgan fingerprint density at radius 2 is 1.64 bits per heavy atom. The van der Waals surface area contributed by atoms with Crippen molar-refractivity contribution >= 4 is 15.7 Å². The first-order valence-electron chi connectivity index (χ1n) is 7.27. The van der Waals surface area contributed by atoms with Gasteiger partial charge in [-0.05, 0) is 36.8 Å². The molecule has 8 nitrogen and oxygen atoms in total. The Balaban J connectivity index is 2.23. The summed E-state index contributed by atoms with van der Waals surface area (Å²) in [6.07, 6.45) is 0. The van der Waals surface area contributed by atoms with Gasteiger partial charge in [0.1, 0.15) is 0 Å². The maximum atomic E-state index is 12.4. The Morgan fingerprint density at radius 1 is 1.04 bits per heavy atom. The van der Waals surface area contributed by atoms with Crippen LogP contribution >= 0.6 is 0 Å². The van der Waals surface area contributed by atoms with Crippen molar-refractivity contribution < 1.29 is 22.8 Å². The van der Waals surface area contributed by atoms with Gasteiger partial charge in [-0.2, -0.15) is 0 Å². The smallest absolute Gasteiger partial charge is 0.269 e. The zero-order valence-electron chi connectivity index (χ0n) is 13.9. The van der Waals surface area contributed by atoms with Crippen LogP contribution in [0, 0.1) is 10.1 Å². The van der Waals surface area contributed by atoms with Gasteiger partial charge >= 0.3 is 0 Å². The van der Waals surface area contributed by atoms with Crippen LogP contribution in [0.4, 0.5) is 5.69 Å². The van der Waals surface area contributed by atoms with E-state index >= 15 is 0 Å². The maximum Gasteiger partial charge on any atom is 0.269 e. The molecule has 25 heavy (non-hydrogen) atoms. The molecule has 0 saturated carbocycles. The molecule has 0 amide bonds. The summed E-state index contributed by atoms with van der Waals surface area (Å²) in [5, 5.41) is 10.7. The number of non-ortho nitro benzene ring substituents is 1. The van der Waals surface area contributed by atoms with Crippen molar-refractivity contribution in [3.8, 4) is 11.5 Å². The minimum absolute atomic E-state index is 0.0505. The van der Waals surface area contributed by atoms with Crippen LogP contribution in [0.5, 0.6) is 11.5 Å². The molecule has 0 aliphatic rings. The number of nitrogens with one attached hydrogen (secondary N) is 1. The van der Waals surface area contributed by atoms with Crippen LogP contribution in [0.25, 0.3) is 0 Å². The summed E-state index contributed by atoms with van der Waals surface area (Å²) in [5.74, 6) is 1.03. The fraction of sp³-hybridized carbons (Fsp3) is 0.250. The first-order valence-corrected chi connectivity index (χ1v) is 8.75. The van der Waals surface area contributed by atoms with Crippen LogP contribution in [-0.4, -0.2) is 27.6 Å². The molecular weight excluding hydrogens is 348 g/mol. The van der Waals surface area contributed by atoms with E-state index in [4.69, 9.17) is 9.47 Å². The predicted octanol–water partition coefficient (Wildman–Crippen LogP) is 2.65. The minimum atomic E-state index is -3.83. The predicted molar refractivity (Wildman–Crippen MR) is 91.4 cm³/mol. The summed E-state index contributed by atoms with van der Waals surface area (Å²) in [4.78, 5) is 10.0. The Morgan fingerprint density at radius 3 is 2.16 bits per heavy atom. The Labute approximate surface area is 145 Å². The van der Waals surface area contributed by atoms with Gasteiger partial charge in [-0.3, -0.25) is 10.1 Å². The maximum absolute atomic E-state index is 12.4. The molecule has 2 aromatic carbocycles. The highest BCUT2D eigenvalue weighted by Gasteiger charge is 2.20. The third-order valence-corrected chi connectivity index (χ3v) is 5.15. The van der Waals surface area contributed by atoms with E-state index in [0.717, 1.165) is 12.1 Å². The van der Waals surface area contributed by atoms with Gasteiger partial charge in [0.05, 0.1) is 24.0 Å². The second-order valence-electron chi connectivity index (χ2n) is 5.21. The normalized spacial score (nSPS) is 12.4. The fourth-order valence-corrected chi connectivity index (χ4v) is 3.47. The van der Waals surface area contributed by atoms with E-state index in [-0.39, 0.29) is 10.6 Å². The number of methoxy groups -OCH3 is 2. The van der Waals surface area contributed by atoms with Crippen molar-refractivity contribution in [3.63, 3.8) is 0 Å². The van der Waals surface area contributed by atoms with Crippen LogP contribution in [-0.2, 0) is 10.0 Å². The Bertz CT molecular complexity index is 865. The third-order valence-electron chi connectivity index (χ3n) is 3.60. The molecule has 0 radical (unpaired) electrons. The Hall–Kier alpha value is -2.65. The van der Waals surface area contributed by atoms with Gasteiger partial charge in [0.15, 0.2) is 11.5 Å². The molecule has 134 valence electrons. The number of hydrogen-bond donors (Lipinski definition) is 1. The highest BCUT2D eigenvalue weighted by Crippen LogP contribution is 2.30. The number of nitro groups is 1. The zero-order valence-corrected chi connectivity index (χ0v) is 14.7. The van der Waals surface area contributed by atoms with Crippen LogP contribution in [0.3, 0.4) is 0 Å². The monoisotopic (exact) mass is 366 g/mol. The number of benzene rings is 2. The number of nitro benzene ring substituents is 1. The van der Waals surface area contributed by atoms with Gasteiger partial charge < -0.3 is 9.47 Å². The minimum Gasteiger partial charge on any atom is -0.493 e. The number of rotatable bonds is 7. The van der Waals surface area contributed by atoms with Crippen molar-refractivity contribution in [2.24, 2.45) is 0 Å². The van der Waals surface area contributed by atoms with Crippen LogP contribution in [0.1, 0.15) is 18.5 Å². The van der Waals surface area contributed by atoms with Crippen LogP contribution < -0.4 is 14.2 Å². The van der Waals surface area contributed by atoms with Crippen LogP contribution in [0.15, 0.2) is 47.4 Å². The molecule has 0 spiro atoms. The second-order valence-corrected chi connectivity index (χ2v) is 6.92. The van der Waals surface area contributed by atoms with Gasteiger partial charge in [0.25, 0.3) is 5.69 Å². The molecule has 0 aliphatic carbocycles. The number of nitrogens with zero attached hydrogens (tertiary/aromatic N) is 1. The summed E-state index contributed by atoms with van der Waals surface area (Å²) in [7, 11) is -0.824. The molecule has 0 aromatic heterocycles. The van der Waals surface area contributed by atoms with Crippen molar-refractivity contribution in [1.82, 2.24) is 4.72 Å². The summed E-state index contributed by atoms with van der Waals surface area (Å²) in [6, 6.07) is 9.24. The van der Waals surface area contributed by atoms with E-state index in [2.05, 4.69) is 4.72 Å². The van der Waals surface area contributed by atoms with E-state index in [1.165, 1.54) is 26.4 Å². The van der Waals surface area contributed by atoms with Crippen molar-refractivity contribution in [2.75, 3.05) is 14.2 Å². The van der Waals surface area contributed by atoms with Crippen molar-refractivity contribution in [2.45, 2.75) is 17.9 Å². The molecule has 2 aromatic rings. The molecule has 0 aliphatic heterocycles. The molecule has 9 heteroatoms. The number of hydrogen-bond acceptors (Lipinski definition) is 6. The molecule has 0 bridgehead atoms. The van der Waals surface area contributed by atoms with E-state index in [0.29, 0.717) is 17.1 Å². The molecule has 1 atom stereocenters. The third kappa shape index (κ3) is 4.25. The summed E-state index contributed by atoms with van der Waals surface area (Å²) >= 11 is 0. The van der Waals surface area contributed by atoms with Gasteiger partial charge in [-0.15, -0.1) is 0 Å². The second kappa shape index (κ2) is 7.49. The molecule has 2 rings (SSSR count). The molecule has 0 unspecified atom stereocenters. The van der Waals surface area contributed by atoms with E-state index < -0.39 is 21.0 Å². The topological polar surface area (TPSA) is 108 Å². The summed E-state index contributed by atoms with van der Waals surface area (Å²) < 4.78 is 37.8. The zero-order chi connectivity index (χ0) is 18.6. The lowest BCUT2D eigenvalue weighted by Gasteiger charge is -2.16. The van der Waals surface area contributed by atoms with Gasteiger partial charge in [0.2, 0.25) is 10.0 Å². The van der Waals surface area contributed by atoms with E-state index in [1.807, 2.05) is 0 Å². The Kier molecular flexibility index (Phi) is 5.60. The van der Waals surface area contributed by atoms with Crippen molar-refractivity contribution in [1.29, 1.82) is 0 Å². The highest BCUT2D eigenvalue weighted by atomic mass is 32.2. The molecule has 0 heterocycles. The molecule has 0 saturated heterocycles. The van der Waals surface area contributed by atoms with E-state index in [9.17, 15) is 18.5 Å². The first kappa shape index (κ1) is 18.7. The standard InChI is InChI=1S/C16H18N2O6S/c1-11(12-4-9-15(23-2)16(10-12)24-3)17-25(21,22)14-7-5-13(6-8-14)18(19)20/h4-11,17H,1-3H3/t11-/m1/s1. The van der Waals surface area contributed by atoms with Crippen LogP contribution in [0.2, 0.25) is 0 Å². The lowest BCUT2D eigenvalue weighted by atomic mass is 10.1. The number of sulfonamides is 1. The quantitative estimate of drug-likeness (QED) is 0.596. The largest absolute Gasteiger partial charge is 0.493 e. The van der Waals surface area contributed by atoms with Gasteiger partial charge in [-0.25, -0.2) is 13.1 Å². The highest BCUT2D eigenvalue weighted by molar-refractivity contribution is 7.89. The average Bonchev–Trinajstić information content (AvgIpc) is 2.60. The van der Waals surface area contributed by atoms with Gasteiger partial charge in [-0.1, -0.05) is 6.07 Å². The van der Waals surface area contributed by atoms with Gasteiger partial charge in [0, 0.05) is 18.2 Å². The average molecular weight is 366 g/mol. The van der Waals surface area contributed by atoms with Crippen molar-refractivity contribution in [3.05, 3.63) is 58.1 Å². The molecular formula is C16H18N2O6S. The first-order chi connectivity index (χ1) is 11.8.